The average molecular weight is 228 g/mol. The van der Waals surface area contributed by atoms with Crippen molar-refractivity contribution in [2.75, 3.05) is 13.2 Å². The number of carbonyl (C=O) groups excluding carboxylic acids is 1. The van der Waals surface area contributed by atoms with Gasteiger partial charge in [0.2, 0.25) is 5.91 Å². The highest BCUT2D eigenvalue weighted by Gasteiger charge is 2.23. The van der Waals surface area contributed by atoms with Crippen molar-refractivity contribution in [1.29, 1.82) is 0 Å². The second-order valence-corrected chi connectivity index (χ2v) is 4.77. The fourth-order valence-corrected chi connectivity index (χ4v) is 1.89. The Labute approximate surface area is 98.1 Å². The highest BCUT2D eigenvalue weighted by atomic mass is 16.5. The molecule has 1 aliphatic heterocycles. The van der Waals surface area contributed by atoms with Gasteiger partial charge in [-0.2, -0.15) is 0 Å². The van der Waals surface area contributed by atoms with Crippen LogP contribution >= 0.6 is 0 Å². The second-order valence-electron chi connectivity index (χ2n) is 4.77. The van der Waals surface area contributed by atoms with E-state index in [4.69, 9.17) is 4.74 Å². The van der Waals surface area contributed by atoms with Crippen LogP contribution in [0.15, 0.2) is 0 Å². The Kier molecular flexibility index (Phi) is 5.77. The third-order valence-corrected chi connectivity index (χ3v) is 2.82. The molecule has 0 radical (unpaired) electrons. The monoisotopic (exact) mass is 228 g/mol. The van der Waals surface area contributed by atoms with E-state index in [1.165, 1.54) is 0 Å². The molecule has 16 heavy (non-hydrogen) atoms. The van der Waals surface area contributed by atoms with Gasteiger partial charge in [-0.3, -0.25) is 4.79 Å². The van der Waals surface area contributed by atoms with E-state index in [0.29, 0.717) is 12.5 Å². The highest BCUT2D eigenvalue weighted by Crippen LogP contribution is 2.15. The fraction of sp³-hybridized carbons (Fsp3) is 0.917. The number of hydrogen-bond acceptors (Lipinski definition) is 3. The number of rotatable bonds is 6. The Bertz CT molecular complexity index is 213. The van der Waals surface area contributed by atoms with E-state index in [9.17, 15) is 4.79 Å². The van der Waals surface area contributed by atoms with Crippen LogP contribution in [0.5, 0.6) is 0 Å². The topological polar surface area (TPSA) is 50.4 Å². The minimum absolute atomic E-state index is 0.108. The van der Waals surface area contributed by atoms with Gasteiger partial charge in [0.1, 0.15) is 0 Å². The maximum absolute atomic E-state index is 11.6. The Morgan fingerprint density at radius 3 is 2.75 bits per heavy atom. The molecule has 1 heterocycles. The predicted octanol–water partition coefficient (Wildman–Crippen LogP) is 1.06. The molecule has 1 amide bonds. The summed E-state index contributed by atoms with van der Waals surface area (Å²) < 4.78 is 5.53. The second kappa shape index (κ2) is 6.86. The van der Waals surface area contributed by atoms with E-state index >= 15 is 0 Å². The summed E-state index contributed by atoms with van der Waals surface area (Å²) in [5, 5.41) is 6.22. The molecular formula is C12H24N2O2. The summed E-state index contributed by atoms with van der Waals surface area (Å²) in [5.41, 5.74) is 0. The largest absolute Gasteiger partial charge is 0.376 e. The minimum atomic E-state index is 0.108. The number of nitrogens with one attached hydrogen (secondary N) is 2. The number of amides is 1. The molecular weight excluding hydrogens is 204 g/mol. The number of carbonyl (C=O) groups is 1. The van der Waals surface area contributed by atoms with Gasteiger partial charge in [0, 0.05) is 25.6 Å². The summed E-state index contributed by atoms with van der Waals surface area (Å²) in [6, 6.07) is 0.567. The third kappa shape index (κ3) is 4.94. The van der Waals surface area contributed by atoms with Crippen LogP contribution in [0, 0.1) is 0 Å². The molecule has 0 aromatic rings. The van der Waals surface area contributed by atoms with Crippen molar-refractivity contribution in [3.05, 3.63) is 0 Å². The van der Waals surface area contributed by atoms with Crippen LogP contribution in [0.1, 0.15) is 40.0 Å². The zero-order valence-corrected chi connectivity index (χ0v) is 10.6. The molecule has 4 heteroatoms. The van der Waals surface area contributed by atoms with E-state index in [1.54, 1.807) is 0 Å². The van der Waals surface area contributed by atoms with Crippen molar-refractivity contribution in [3.8, 4) is 0 Å². The van der Waals surface area contributed by atoms with Gasteiger partial charge in [0.05, 0.1) is 12.1 Å². The van der Waals surface area contributed by atoms with Crippen molar-refractivity contribution in [2.24, 2.45) is 0 Å². The van der Waals surface area contributed by atoms with E-state index in [2.05, 4.69) is 24.5 Å². The molecule has 1 rings (SSSR count). The zero-order chi connectivity index (χ0) is 12.0. The minimum Gasteiger partial charge on any atom is -0.376 e. The lowest BCUT2D eigenvalue weighted by atomic mass is 10.1. The van der Waals surface area contributed by atoms with Gasteiger partial charge in [-0.05, 0) is 19.8 Å². The van der Waals surface area contributed by atoms with Crippen LogP contribution in [0.3, 0.4) is 0 Å². The molecule has 0 aromatic carbocycles. The van der Waals surface area contributed by atoms with E-state index in [0.717, 1.165) is 26.0 Å². The Balaban J connectivity index is 2.12. The first-order valence-electron chi connectivity index (χ1n) is 6.24. The SMILES string of the molecule is CC(C)NCCC(=O)NC(C)C1CCCO1. The van der Waals surface area contributed by atoms with Crippen LogP contribution in [0.25, 0.3) is 0 Å². The van der Waals surface area contributed by atoms with Crippen molar-refractivity contribution >= 4 is 5.91 Å². The van der Waals surface area contributed by atoms with Crippen molar-refractivity contribution < 1.29 is 9.53 Å². The normalized spacial score (nSPS) is 22.4. The predicted molar refractivity (Wildman–Crippen MR) is 64.3 cm³/mol. The summed E-state index contributed by atoms with van der Waals surface area (Å²) in [4.78, 5) is 11.6. The van der Waals surface area contributed by atoms with Crippen molar-refractivity contribution in [3.63, 3.8) is 0 Å². The van der Waals surface area contributed by atoms with E-state index < -0.39 is 0 Å². The zero-order valence-electron chi connectivity index (χ0n) is 10.6. The van der Waals surface area contributed by atoms with Gasteiger partial charge in [0.25, 0.3) is 0 Å². The average Bonchev–Trinajstić information content (AvgIpc) is 2.69. The quantitative estimate of drug-likeness (QED) is 0.714. The van der Waals surface area contributed by atoms with Gasteiger partial charge in [-0.1, -0.05) is 13.8 Å². The Hall–Kier alpha value is -0.610. The molecule has 0 spiro atoms. The summed E-state index contributed by atoms with van der Waals surface area (Å²) in [6.45, 7) is 7.74. The van der Waals surface area contributed by atoms with Crippen molar-refractivity contribution in [1.82, 2.24) is 10.6 Å². The fourth-order valence-electron chi connectivity index (χ4n) is 1.89. The number of ether oxygens (including phenoxy) is 1. The van der Waals surface area contributed by atoms with Crippen molar-refractivity contribution in [2.45, 2.75) is 58.2 Å². The summed E-state index contributed by atoms with van der Waals surface area (Å²) >= 11 is 0. The molecule has 1 aliphatic rings. The molecule has 1 fully saturated rings. The molecule has 0 aliphatic carbocycles. The van der Waals surface area contributed by atoms with Gasteiger partial charge >= 0.3 is 0 Å². The first-order valence-corrected chi connectivity index (χ1v) is 6.24. The maximum Gasteiger partial charge on any atom is 0.221 e. The molecule has 0 bridgehead atoms. The van der Waals surface area contributed by atoms with Crippen LogP contribution in [-0.4, -0.2) is 37.2 Å². The lowest BCUT2D eigenvalue weighted by Gasteiger charge is -2.20. The Morgan fingerprint density at radius 1 is 1.44 bits per heavy atom. The molecule has 2 N–H and O–H groups in total. The molecule has 94 valence electrons. The Morgan fingerprint density at radius 2 is 2.19 bits per heavy atom. The molecule has 4 nitrogen and oxygen atoms in total. The van der Waals surface area contributed by atoms with Crippen LogP contribution in [-0.2, 0) is 9.53 Å². The lowest BCUT2D eigenvalue weighted by molar-refractivity contribution is -0.122. The molecule has 2 atom stereocenters. The van der Waals surface area contributed by atoms with Gasteiger partial charge in [0.15, 0.2) is 0 Å². The molecule has 0 saturated carbocycles. The lowest BCUT2D eigenvalue weighted by Crippen LogP contribution is -2.42. The van der Waals surface area contributed by atoms with Crippen LogP contribution in [0.4, 0.5) is 0 Å². The van der Waals surface area contributed by atoms with Crippen LogP contribution in [0.2, 0.25) is 0 Å². The third-order valence-electron chi connectivity index (χ3n) is 2.82. The van der Waals surface area contributed by atoms with Gasteiger partial charge in [-0.25, -0.2) is 0 Å². The highest BCUT2D eigenvalue weighted by molar-refractivity contribution is 5.76. The van der Waals surface area contributed by atoms with Gasteiger partial charge in [-0.15, -0.1) is 0 Å². The number of hydrogen-bond donors (Lipinski definition) is 2. The first kappa shape index (κ1) is 13.5. The summed E-state index contributed by atoms with van der Waals surface area (Å²) in [7, 11) is 0. The molecule has 1 saturated heterocycles. The first-order chi connectivity index (χ1) is 7.59. The van der Waals surface area contributed by atoms with E-state index in [1.807, 2.05) is 6.92 Å². The smallest absolute Gasteiger partial charge is 0.221 e. The van der Waals surface area contributed by atoms with E-state index in [-0.39, 0.29) is 18.1 Å². The van der Waals surface area contributed by atoms with Gasteiger partial charge < -0.3 is 15.4 Å². The maximum atomic E-state index is 11.6. The van der Waals surface area contributed by atoms with Crippen LogP contribution < -0.4 is 10.6 Å². The summed E-state index contributed by atoms with van der Waals surface area (Å²) in [5.74, 6) is 0.108. The summed E-state index contributed by atoms with van der Waals surface area (Å²) in [6.07, 6.45) is 2.92. The molecule has 0 aromatic heterocycles. The standard InChI is InChI=1S/C12H24N2O2/c1-9(2)13-7-6-12(15)14-10(3)11-5-4-8-16-11/h9-11,13H,4-8H2,1-3H3,(H,14,15). The molecule has 2 unspecified atom stereocenters.